The number of hydrogen-bond acceptors (Lipinski definition) is 3. The SMILES string of the molecule is COc1cc(Cl)cc(C=O)c1OCc1ccc(Cl)c(Cl)c1. The van der Waals surface area contributed by atoms with Gasteiger partial charge < -0.3 is 9.47 Å². The van der Waals surface area contributed by atoms with Crippen LogP contribution >= 0.6 is 34.8 Å². The molecule has 0 amide bonds. The van der Waals surface area contributed by atoms with E-state index in [1.807, 2.05) is 0 Å². The van der Waals surface area contributed by atoms with Gasteiger partial charge in [0.1, 0.15) is 6.61 Å². The van der Waals surface area contributed by atoms with Crippen LogP contribution in [0.1, 0.15) is 15.9 Å². The number of rotatable bonds is 5. The Bertz CT molecular complexity index is 671. The van der Waals surface area contributed by atoms with Crippen molar-refractivity contribution in [2.75, 3.05) is 7.11 Å². The largest absolute Gasteiger partial charge is 0.493 e. The number of carbonyl (C=O) groups is 1. The van der Waals surface area contributed by atoms with Crippen molar-refractivity contribution in [2.24, 2.45) is 0 Å². The molecule has 0 radical (unpaired) electrons. The summed E-state index contributed by atoms with van der Waals surface area (Å²) in [6, 6.07) is 8.27. The minimum absolute atomic E-state index is 0.218. The molecule has 0 N–H and O–H groups in total. The van der Waals surface area contributed by atoms with Gasteiger partial charge in [-0.3, -0.25) is 4.79 Å². The Hall–Kier alpha value is -1.42. The van der Waals surface area contributed by atoms with E-state index in [0.29, 0.717) is 38.4 Å². The number of hydrogen-bond donors (Lipinski definition) is 0. The molecule has 0 aliphatic rings. The van der Waals surface area contributed by atoms with Crippen molar-refractivity contribution in [1.82, 2.24) is 0 Å². The summed E-state index contributed by atoms with van der Waals surface area (Å²) in [5.41, 5.74) is 1.14. The van der Waals surface area contributed by atoms with Crippen molar-refractivity contribution in [1.29, 1.82) is 0 Å². The fourth-order valence-corrected chi connectivity index (χ4v) is 2.30. The molecule has 0 heterocycles. The van der Waals surface area contributed by atoms with Gasteiger partial charge >= 0.3 is 0 Å². The van der Waals surface area contributed by atoms with Crippen LogP contribution in [0.15, 0.2) is 30.3 Å². The predicted molar refractivity (Wildman–Crippen MR) is 84.2 cm³/mol. The van der Waals surface area contributed by atoms with Gasteiger partial charge in [-0.05, 0) is 23.8 Å². The average molecular weight is 346 g/mol. The summed E-state index contributed by atoms with van der Waals surface area (Å²) < 4.78 is 10.9. The summed E-state index contributed by atoms with van der Waals surface area (Å²) in [5.74, 6) is 0.729. The third kappa shape index (κ3) is 3.82. The van der Waals surface area contributed by atoms with Crippen LogP contribution in [0.3, 0.4) is 0 Å². The van der Waals surface area contributed by atoms with Crippen molar-refractivity contribution in [3.8, 4) is 11.5 Å². The molecule has 0 saturated carbocycles. The topological polar surface area (TPSA) is 35.5 Å². The molecule has 0 spiro atoms. The van der Waals surface area contributed by atoms with Crippen LogP contribution in [0.2, 0.25) is 15.1 Å². The van der Waals surface area contributed by atoms with Crippen molar-refractivity contribution in [3.63, 3.8) is 0 Å². The lowest BCUT2D eigenvalue weighted by Gasteiger charge is -2.13. The van der Waals surface area contributed by atoms with Crippen molar-refractivity contribution in [3.05, 3.63) is 56.5 Å². The number of halogens is 3. The van der Waals surface area contributed by atoms with E-state index < -0.39 is 0 Å². The third-order valence-electron chi connectivity index (χ3n) is 2.76. The van der Waals surface area contributed by atoms with Crippen LogP contribution in [0, 0.1) is 0 Å². The molecule has 6 heteroatoms. The maximum atomic E-state index is 11.1. The van der Waals surface area contributed by atoms with E-state index in [0.717, 1.165) is 5.56 Å². The minimum atomic E-state index is 0.218. The Morgan fingerprint density at radius 2 is 1.86 bits per heavy atom. The fourth-order valence-electron chi connectivity index (χ4n) is 1.77. The van der Waals surface area contributed by atoms with Crippen LogP contribution in [0.25, 0.3) is 0 Å². The molecule has 0 aliphatic heterocycles. The molecule has 2 rings (SSSR count). The number of aldehydes is 1. The Kier molecular flexibility index (Phi) is 5.34. The molecule has 3 nitrogen and oxygen atoms in total. The maximum Gasteiger partial charge on any atom is 0.172 e. The molecule has 21 heavy (non-hydrogen) atoms. The molecule has 0 saturated heterocycles. The van der Waals surface area contributed by atoms with E-state index in [9.17, 15) is 4.79 Å². The molecule has 0 aliphatic carbocycles. The number of methoxy groups -OCH3 is 1. The highest BCUT2D eigenvalue weighted by atomic mass is 35.5. The Morgan fingerprint density at radius 3 is 2.48 bits per heavy atom. The monoisotopic (exact) mass is 344 g/mol. The van der Waals surface area contributed by atoms with Gasteiger partial charge in [0.2, 0.25) is 0 Å². The zero-order chi connectivity index (χ0) is 15.4. The fraction of sp³-hybridized carbons (Fsp3) is 0.133. The van der Waals surface area contributed by atoms with Gasteiger partial charge in [0.15, 0.2) is 17.8 Å². The molecule has 0 aromatic heterocycles. The first kappa shape index (κ1) is 16.0. The van der Waals surface area contributed by atoms with Gasteiger partial charge in [0.25, 0.3) is 0 Å². The van der Waals surface area contributed by atoms with Gasteiger partial charge in [0, 0.05) is 11.1 Å². The molecule has 0 fully saturated rings. The highest BCUT2D eigenvalue weighted by Crippen LogP contribution is 2.34. The maximum absolute atomic E-state index is 11.1. The van der Waals surface area contributed by atoms with E-state index in [1.165, 1.54) is 13.2 Å². The van der Waals surface area contributed by atoms with Gasteiger partial charge in [0.05, 0.1) is 22.7 Å². The summed E-state index contributed by atoms with van der Waals surface area (Å²) in [6.07, 6.45) is 0.665. The molecular formula is C15H11Cl3O3. The molecular weight excluding hydrogens is 335 g/mol. The quantitative estimate of drug-likeness (QED) is 0.712. The number of benzene rings is 2. The second-order valence-electron chi connectivity index (χ2n) is 4.18. The lowest BCUT2D eigenvalue weighted by atomic mass is 10.2. The summed E-state index contributed by atoms with van der Waals surface area (Å²) in [5, 5.41) is 1.31. The first-order valence-electron chi connectivity index (χ1n) is 5.94. The molecule has 2 aromatic carbocycles. The lowest BCUT2D eigenvalue weighted by Crippen LogP contribution is -2.01. The van der Waals surface area contributed by atoms with Crippen molar-refractivity contribution >= 4 is 41.1 Å². The highest BCUT2D eigenvalue weighted by Gasteiger charge is 2.13. The summed E-state index contributed by atoms with van der Waals surface area (Å²) in [7, 11) is 1.48. The summed E-state index contributed by atoms with van der Waals surface area (Å²) >= 11 is 17.7. The van der Waals surface area contributed by atoms with E-state index in [4.69, 9.17) is 44.3 Å². The van der Waals surface area contributed by atoms with Gasteiger partial charge in [-0.15, -0.1) is 0 Å². The van der Waals surface area contributed by atoms with Crippen LogP contribution in [-0.4, -0.2) is 13.4 Å². The first-order valence-corrected chi connectivity index (χ1v) is 7.08. The van der Waals surface area contributed by atoms with E-state index in [-0.39, 0.29) is 6.61 Å². The molecule has 110 valence electrons. The van der Waals surface area contributed by atoms with Crippen LogP contribution in [0.5, 0.6) is 11.5 Å². The van der Waals surface area contributed by atoms with Crippen LogP contribution in [0.4, 0.5) is 0 Å². The van der Waals surface area contributed by atoms with Crippen LogP contribution < -0.4 is 9.47 Å². The van der Waals surface area contributed by atoms with Gasteiger partial charge in [-0.25, -0.2) is 0 Å². The number of carbonyl (C=O) groups excluding carboxylic acids is 1. The Morgan fingerprint density at radius 1 is 1.10 bits per heavy atom. The zero-order valence-electron chi connectivity index (χ0n) is 11.0. The first-order chi connectivity index (χ1) is 10.0. The summed E-state index contributed by atoms with van der Waals surface area (Å²) in [6.45, 7) is 0.218. The minimum Gasteiger partial charge on any atom is -0.493 e. The molecule has 2 aromatic rings. The normalized spacial score (nSPS) is 10.3. The zero-order valence-corrected chi connectivity index (χ0v) is 13.3. The van der Waals surface area contributed by atoms with E-state index in [1.54, 1.807) is 24.3 Å². The highest BCUT2D eigenvalue weighted by molar-refractivity contribution is 6.42. The van der Waals surface area contributed by atoms with E-state index in [2.05, 4.69) is 0 Å². The average Bonchev–Trinajstić information content (AvgIpc) is 2.48. The predicted octanol–water partition coefficient (Wildman–Crippen LogP) is 5.05. The van der Waals surface area contributed by atoms with Crippen molar-refractivity contribution in [2.45, 2.75) is 6.61 Å². The van der Waals surface area contributed by atoms with Crippen molar-refractivity contribution < 1.29 is 14.3 Å². The van der Waals surface area contributed by atoms with Gasteiger partial charge in [-0.1, -0.05) is 40.9 Å². The van der Waals surface area contributed by atoms with Crippen LogP contribution in [-0.2, 0) is 6.61 Å². The lowest BCUT2D eigenvalue weighted by molar-refractivity contribution is 0.111. The number of ether oxygens (including phenoxy) is 2. The Balaban J connectivity index is 2.26. The van der Waals surface area contributed by atoms with Gasteiger partial charge in [-0.2, -0.15) is 0 Å². The summed E-state index contributed by atoms with van der Waals surface area (Å²) in [4.78, 5) is 11.1. The molecule has 0 unspecified atom stereocenters. The molecule has 0 bridgehead atoms. The second kappa shape index (κ2) is 7.03. The second-order valence-corrected chi connectivity index (χ2v) is 5.43. The molecule has 0 atom stereocenters. The third-order valence-corrected chi connectivity index (χ3v) is 3.72. The smallest absolute Gasteiger partial charge is 0.172 e. The Labute approximate surface area is 137 Å². The standard InChI is InChI=1S/C15H11Cl3O3/c1-20-14-6-11(16)5-10(7-19)15(14)21-8-9-2-3-12(17)13(18)4-9/h2-7H,8H2,1H3. The van der Waals surface area contributed by atoms with E-state index >= 15 is 0 Å².